The average molecular weight is 325 g/mol. The molecule has 0 fully saturated rings. The van der Waals surface area contributed by atoms with Crippen molar-refractivity contribution in [3.63, 3.8) is 0 Å². The maximum atomic E-state index is 8.49. The van der Waals surface area contributed by atoms with Gasteiger partial charge >= 0.3 is 11.5 Å². The molecule has 3 rings (SSSR count). The molecule has 5 nitrogen and oxygen atoms in total. The number of hydrogen-bond acceptors (Lipinski definition) is 4. The Morgan fingerprint density at radius 1 is 0.773 bits per heavy atom. The van der Waals surface area contributed by atoms with Crippen molar-refractivity contribution in [1.82, 2.24) is 0 Å². The lowest BCUT2D eigenvalue weighted by Gasteiger charge is -2.17. The molecule has 2 aromatic rings. The van der Waals surface area contributed by atoms with Crippen molar-refractivity contribution < 1.29 is 33.3 Å². The number of benzene rings is 1. The van der Waals surface area contributed by atoms with Gasteiger partial charge in [-0.05, 0) is 37.5 Å². The van der Waals surface area contributed by atoms with E-state index in [4.69, 9.17) is 23.1 Å². The molecule has 0 atom stereocenters. The predicted molar refractivity (Wildman–Crippen MR) is 69.8 cm³/mol. The molecule has 1 heterocycles. The van der Waals surface area contributed by atoms with Crippen LogP contribution in [0.5, 0.6) is 0 Å². The summed E-state index contributed by atoms with van der Waals surface area (Å²) in [6.45, 7) is 0. The van der Waals surface area contributed by atoms with Crippen molar-refractivity contribution in [3.05, 3.63) is 53.8 Å². The first-order chi connectivity index (χ1) is 10.4. The van der Waals surface area contributed by atoms with Gasteiger partial charge in [-0.2, -0.15) is 0 Å². The van der Waals surface area contributed by atoms with Crippen molar-refractivity contribution in [2.75, 3.05) is 0 Å². The van der Waals surface area contributed by atoms with Crippen LogP contribution >= 0.6 is 0 Å². The Labute approximate surface area is 131 Å². The van der Waals surface area contributed by atoms with Crippen molar-refractivity contribution in [3.8, 4) is 11.3 Å². The minimum atomic E-state index is -4.94. The molecule has 6 heteroatoms. The van der Waals surface area contributed by atoms with Crippen LogP contribution in [0.1, 0.15) is 30.6 Å². The van der Waals surface area contributed by atoms with E-state index in [1.54, 1.807) is 0 Å². The van der Waals surface area contributed by atoms with Crippen LogP contribution in [0.4, 0.5) is 0 Å². The van der Waals surface area contributed by atoms with Crippen molar-refractivity contribution in [1.29, 1.82) is 0 Å². The van der Waals surface area contributed by atoms with Crippen LogP contribution in [0.2, 0.25) is 0 Å². The molecule has 0 saturated carbocycles. The Bertz CT molecular complexity index is 589. The SMILES string of the molecule is [O-][Cl+3]([O-])([O-])[O-].c1ccc(-c2ccc3c([o+]2)CCCCC3)cc1. The Kier molecular flexibility index (Phi) is 5.88. The van der Waals surface area contributed by atoms with Crippen LogP contribution in [0.15, 0.2) is 46.9 Å². The zero-order valence-electron chi connectivity index (χ0n) is 12.0. The van der Waals surface area contributed by atoms with Gasteiger partial charge in [0.25, 0.3) is 0 Å². The Hall–Kier alpha value is -1.50. The third-order valence-corrected chi connectivity index (χ3v) is 3.44. The molecule has 0 spiro atoms. The minimum absolute atomic E-state index is 0.992. The summed E-state index contributed by atoms with van der Waals surface area (Å²) in [4.78, 5) is 0. The van der Waals surface area contributed by atoms with E-state index in [1.165, 1.54) is 42.6 Å². The molecule has 1 aliphatic carbocycles. The number of fused-ring (bicyclic) bond motifs is 1. The lowest BCUT2D eigenvalue weighted by atomic mass is 10.1. The van der Waals surface area contributed by atoms with E-state index >= 15 is 0 Å². The fourth-order valence-corrected chi connectivity index (χ4v) is 2.47. The summed E-state index contributed by atoms with van der Waals surface area (Å²) in [5.74, 6) is 2.19. The van der Waals surface area contributed by atoms with Crippen molar-refractivity contribution in [2.45, 2.75) is 32.1 Å². The maximum Gasteiger partial charge on any atom is 0.360 e. The van der Waals surface area contributed by atoms with Gasteiger partial charge in [0, 0.05) is 6.07 Å². The summed E-state index contributed by atoms with van der Waals surface area (Å²) in [7, 11) is -4.94. The largest absolute Gasteiger partial charge is 0.360 e. The molecular weight excluding hydrogens is 308 g/mol. The lowest BCUT2D eigenvalue weighted by Crippen LogP contribution is -2.68. The molecule has 0 N–H and O–H groups in total. The Morgan fingerprint density at radius 3 is 2.09 bits per heavy atom. The monoisotopic (exact) mass is 324 g/mol. The number of halogens is 1. The van der Waals surface area contributed by atoms with Gasteiger partial charge in [0.05, 0.1) is 17.5 Å². The minimum Gasteiger partial charge on any atom is -0.222 e. The predicted octanol–water partition coefficient (Wildman–Crippen LogP) is -0.259. The van der Waals surface area contributed by atoms with E-state index in [-0.39, 0.29) is 0 Å². The molecule has 1 aromatic heterocycles. The van der Waals surface area contributed by atoms with Gasteiger partial charge in [0.1, 0.15) is 0 Å². The summed E-state index contributed by atoms with van der Waals surface area (Å²) in [5.41, 5.74) is 2.57. The molecular formula is C16H17ClO5. The van der Waals surface area contributed by atoms with Gasteiger partial charge in [0.15, 0.2) is 0 Å². The molecule has 0 bridgehead atoms. The van der Waals surface area contributed by atoms with E-state index < -0.39 is 10.2 Å². The molecule has 118 valence electrons. The third-order valence-electron chi connectivity index (χ3n) is 3.44. The average Bonchev–Trinajstić information content (AvgIpc) is 2.71. The number of hydrogen-bond donors (Lipinski definition) is 0. The Balaban J connectivity index is 0.000000309. The van der Waals surface area contributed by atoms with Gasteiger partial charge in [-0.3, -0.25) is 0 Å². The number of aryl methyl sites for hydroxylation is 2. The molecule has 0 aliphatic heterocycles. The first-order valence-corrected chi connectivity index (χ1v) is 8.29. The highest BCUT2D eigenvalue weighted by molar-refractivity contribution is 5.57. The van der Waals surface area contributed by atoms with Crippen LogP contribution in [-0.2, 0) is 12.8 Å². The molecule has 1 aromatic carbocycles. The summed E-state index contributed by atoms with van der Waals surface area (Å²) < 4.78 is 40.0. The second kappa shape index (κ2) is 7.67. The third kappa shape index (κ3) is 5.71. The molecule has 1 aliphatic rings. The second-order valence-corrected chi connectivity index (χ2v) is 5.81. The highest BCUT2D eigenvalue weighted by Gasteiger charge is 2.21. The molecule has 0 radical (unpaired) electrons. The van der Waals surface area contributed by atoms with Gasteiger partial charge in [0.2, 0.25) is 0 Å². The fraction of sp³-hybridized carbons (Fsp3) is 0.312. The quantitative estimate of drug-likeness (QED) is 0.531. The topological polar surface area (TPSA) is 104 Å². The van der Waals surface area contributed by atoms with E-state index in [0.717, 1.165) is 12.2 Å². The molecule has 0 unspecified atom stereocenters. The first kappa shape index (κ1) is 16.9. The lowest BCUT2D eigenvalue weighted by molar-refractivity contribution is -2.00. The van der Waals surface area contributed by atoms with Crippen LogP contribution in [-0.4, -0.2) is 0 Å². The van der Waals surface area contributed by atoms with Gasteiger partial charge < -0.3 is 0 Å². The first-order valence-electron chi connectivity index (χ1n) is 7.05. The standard InChI is InChI=1S/C16H17O.ClHO4/c1-3-7-13(8-4-1)16-12-11-14-9-5-2-6-10-15(14)17-16;2-1(3,4)5/h1,3-4,7-8,11-12H,2,5-6,9-10H2;(H,2,3,4,5)/q+1;/p-1. The van der Waals surface area contributed by atoms with Gasteiger partial charge in [-0.25, -0.2) is 23.1 Å². The van der Waals surface area contributed by atoms with Crippen molar-refractivity contribution >= 4 is 0 Å². The van der Waals surface area contributed by atoms with Crippen LogP contribution in [0, 0.1) is 10.2 Å². The second-order valence-electron chi connectivity index (χ2n) is 5.05. The summed E-state index contributed by atoms with van der Waals surface area (Å²) in [6.07, 6.45) is 6.15. The highest BCUT2D eigenvalue weighted by Crippen LogP contribution is 2.26. The molecule has 0 amide bonds. The zero-order chi connectivity index (χ0) is 16.0. The summed E-state index contributed by atoms with van der Waals surface area (Å²) in [6, 6.07) is 14.7. The van der Waals surface area contributed by atoms with Crippen LogP contribution in [0.25, 0.3) is 11.3 Å². The Morgan fingerprint density at radius 2 is 1.41 bits per heavy atom. The molecule has 0 saturated heterocycles. The molecule has 22 heavy (non-hydrogen) atoms. The zero-order valence-corrected chi connectivity index (χ0v) is 12.8. The smallest absolute Gasteiger partial charge is 0.222 e. The van der Waals surface area contributed by atoms with Gasteiger partial charge in [-0.1, -0.05) is 24.6 Å². The fourth-order valence-electron chi connectivity index (χ4n) is 2.47. The summed E-state index contributed by atoms with van der Waals surface area (Å²) in [5, 5.41) is 0. The maximum absolute atomic E-state index is 8.49. The van der Waals surface area contributed by atoms with Gasteiger partial charge in [-0.15, -0.1) is 10.2 Å². The van der Waals surface area contributed by atoms with Crippen LogP contribution in [0.3, 0.4) is 0 Å². The van der Waals surface area contributed by atoms with Crippen molar-refractivity contribution in [2.24, 2.45) is 0 Å². The summed E-state index contributed by atoms with van der Waals surface area (Å²) >= 11 is 0. The highest BCUT2D eigenvalue weighted by atomic mass is 35.7. The normalized spacial score (nSPS) is 14.4. The van der Waals surface area contributed by atoms with E-state index in [1.807, 2.05) is 6.07 Å². The van der Waals surface area contributed by atoms with E-state index in [9.17, 15) is 0 Å². The van der Waals surface area contributed by atoms with E-state index in [2.05, 4.69) is 36.4 Å². The van der Waals surface area contributed by atoms with E-state index in [0.29, 0.717) is 0 Å². The number of rotatable bonds is 1. The van der Waals surface area contributed by atoms with Crippen LogP contribution < -0.4 is 18.6 Å².